The molecule has 1 aliphatic heterocycles. The number of aryl methyl sites for hydroxylation is 1. The van der Waals surface area contributed by atoms with Crippen LogP contribution in [0.1, 0.15) is 34.8 Å². The number of piperidine rings is 1. The zero-order valence-electron chi connectivity index (χ0n) is 11.4. The molecule has 1 aromatic carbocycles. The molecule has 1 fully saturated rings. The maximum absolute atomic E-state index is 12.3. The van der Waals surface area contributed by atoms with Crippen molar-refractivity contribution in [1.29, 1.82) is 0 Å². The zero-order valence-corrected chi connectivity index (χ0v) is 11.4. The molecule has 3 heteroatoms. The third-order valence-electron chi connectivity index (χ3n) is 3.99. The minimum atomic E-state index is 0.0525. The smallest absolute Gasteiger partial charge is 0.251 e. The highest BCUT2D eigenvalue weighted by Gasteiger charge is 2.23. The maximum Gasteiger partial charge on any atom is 0.251 e. The van der Waals surface area contributed by atoms with Gasteiger partial charge in [-0.25, -0.2) is 0 Å². The number of nitrogens with one attached hydrogen (secondary N) is 2. The molecule has 1 aliphatic rings. The second-order valence-electron chi connectivity index (χ2n) is 5.30. The van der Waals surface area contributed by atoms with Gasteiger partial charge in [-0.05, 0) is 49.9 Å². The fourth-order valence-corrected chi connectivity index (χ4v) is 2.43. The van der Waals surface area contributed by atoms with E-state index in [1.54, 1.807) is 0 Å². The van der Waals surface area contributed by atoms with Gasteiger partial charge in [0.05, 0.1) is 0 Å². The zero-order chi connectivity index (χ0) is 13.1. The molecule has 0 aliphatic carbocycles. The van der Waals surface area contributed by atoms with Crippen LogP contribution in [0.3, 0.4) is 0 Å². The molecule has 98 valence electrons. The maximum atomic E-state index is 12.3. The van der Waals surface area contributed by atoms with Crippen molar-refractivity contribution in [3.05, 3.63) is 34.9 Å². The Kier molecular flexibility index (Phi) is 4.02. The molecule has 2 rings (SSSR count). The van der Waals surface area contributed by atoms with Gasteiger partial charge in [-0.2, -0.15) is 0 Å². The van der Waals surface area contributed by atoms with Gasteiger partial charge in [0, 0.05) is 18.2 Å². The third-order valence-corrected chi connectivity index (χ3v) is 3.99. The van der Waals surface area contributed by atoms with Gasteiger partial charge in [0.25, 0.3) is 5.91 Å². The Morgan fingerprint density at radius 2 is 2.17 bits per heavy atom. The summed E-state index contributed by atoms with van der Waals surface area (Å²) >= 11 is 0. The number of rotatable bonds is 2. The molecule has 0 radical (unpaired) electrons. The van der Waals surface area contributed by atoms with Gasteiger partial charge in [-0.3, -0.25) is 4.79 Å². The lowest BCUT2D eigenvalue weighted by Crippen LogP contribution is -2.50. The topological polar surface area (TPSA) is 41.1 Å². The first-order valence-corrected chi connectivity index (χ1v) is 6.67. The summed E-state index contributed by atoms with van der Waals surface area (Å²) in [5.41, 5.74) is 3.04. The minimum absolute atomic E-state index is 0.0525. The Morgan fingerprint density at radius 3 is 2.89 bits per heavy atom. The normalized spacial score (nSPS) is 23.7. The van der Waals surface area contributed by atoms with E-state index < -0.39 is 0 Å². The number of carbonyl (C=O) groups excluding carboxylic acids is 1. The van der Waals surface area contributed by atoms with Crippen LogP contribution < -0.4 is 10.6 Å². The van der Waals surface area contributed by atoms with E-state index in [0.717, 1.165) is 36.2 Å². The summed E-state index contributed by atoms with van der Waals surface area (Å²) < 4.78 is 0. The first-order chi connectivity index (χ1) is 8.59. The van der Waals surface area contributed by atoms with Crippen LogP contribution in [0.2, 0.25) is 0 Å². The molecule has 0 aromatic heterocycles. The number of carbonyl (C=O) groups is 1. The van der Waals surface area contributed by atoms with Gasteiger partial charge in [-0.15, -0.1) is 0 Å². The first kappa shape index (κ1) is 13.1. The van der Waals surface area contributed by atoms with E-state index in [4.69, 9.17) is 0 Å². The molecule has 1 saturated heterocycles. The van der Waals surface area contributed by atoms with E-state index in [-0.39, 0.29) is 11.9 Å². The Labute approximate surface area is 109 Å². The molecule has 2 N–H and O–H groups in total. The molecule has 2 atom stereocenters. The van der Waals surface area contributed by atoms with E-state index in [1.807, 2.05) is 32.0 Å². The molecule has 1 aromatic rings. The van der Waals surface area contributed by atoms with Gasteiger partial charge in [0.15, 0.2) is 0 Å². The molecular formula is C15H22N2O. The second kappa shape index (κ2) is 5.53. The highest BCUT2D eigenvalue weighted by atomic mass is 16.1. The van der Waals surface area contributed by atoms with Crippen LogP contribution in [-0.2, 0) is 0 Å². The van der Waals surface area contributed by atoms with Crippen LogP contribution in [0.4, 0.5) is 0 Å². The number of hydrogen-bond donors (Lipinski definition) is 2. The Morgan fingerprint density at radius 1 is 1.39 bits per heavy atom. The molecular weight excluding hydrogens is 224 g/mol. The van der Waals surface area contributed by atoms with E-state index in [0.29, 0.717) is 5.92 Å². The standard InChI is InChI=1S/C15H22N2O/c1-10-5-4-6-13(12(10)3)15(18)17-14-9-16-8-7-11(14)2/h4-6,11,14,16H,7-9H2,1-3H3,(H,17,18)/t11-,14-/m1/s1. The van der Waals surface area contributed by atoms with Crippen LogP contribution in [0.25, 0.3) is 0 Å². The summed E-state index contributed by atoms with van der Waals surface area (Å²) in [4.78, 5) is 12.3. The van der Waals surface area contributed by atoms with Crippen molar-refractivity contribution in [2.45, 2.75) is 33.2 Å². The van der Waals surface area contributed by atoms with Crippen LogP contribution in [-0.4, -0.2) is 25.0 Å². The predicted octanol–water partition coefficient (Wildman–Crippen LogP) is 2.03. The van der Waals surface area contributed by atoms with Crippen molar-refractivity contribution in [3.8, 4) is 0 Å². The minimum Gasteiger partial charge on any atom is -0.348 e. The SMILES string of the molecule is Cc1cccc(C(=O)N[C@@H]2CNCC[C@H]2C)c1C. The Hall–Kier alpha value is -1.35. The van der Waals surface area contributed by atoms with Crippen molar-refractivity contribution in [2.24, 2.45) is 5.92 Å². The quantitative estimate of drug-likeness (QED) is 0.838. The van der Waals surface area contributed by atoms with Crippen molar-refractivity contribution < 1.29 is 4.79 Å². The van der Waals surface area contributed by atoms with E-state index in [2.05, 4.69) is 17.6 Å². The molecule has 3 nitrogen and oxygen atoms in total. The van der Waals surface area contributed by atoms with Crippen molar-refractivity contribution in [2.75, 3.05) is 13.1 Å². The monoisotopic (exact) mass is 246 g/mol. The molecule has 1 heterocycles. The van der Waals surface area contributed by atoms with Gasteiger partial charge in [0.2, 0.25) is 0 Å². The van der Waals surface area contributed by atoms with Gasteiger partial charge >= 0.3 is 0 Å². The van der Waals surface area contributed by atoms with Crippen LogP contribution in [0.15, 0.2) is 18.2 Å². The lowest BCUT2D eigenvalue weighted by Gasteiger charge is -2.30. The molecule has 0 unspecified atom stereocenters. The second-order valence-corrected chi connectivity index (χ2v) is 5.30. The van der Waals surface area contributed by atoms with Gasteiger partial charge in [0.1, 0.15) is 0 Å². The molecule has 0 saturated carbocycles. The number of benzene rings is 1. The molecule has 0 bridgehead atoms. The van der Waals surface area contributed by atoms with Crippen LogP contribution >= 0.6 is 0 Å². The summed E-state index contributed by atoms with van der Waals surface area (Å²) in [5.74, 6) is 0.595. The van der Waals surface area contributed by atoms with E-state index in [9.17, 15) is 4.79 Å². The number of hydrogen-bond acceptors (Lipinski definition) is 2. The third kappa shape index (κ3) is 2.72. The average Bonchev–Trinajstić information content (AvgIpc) is 2.35. The molecule has 0 spiro atoms. The van der Waals surface area contributed by atoms with Crippen LogP contribution in [0.5, 0.6) is 0 Å². The van der Waals surface area contributed by atoms with E-state index >= 15 is 0 Å². The molecule has 1 amide bonds. The summed E-state index contributed by atoms with van der Waals surface area (Å²) in [7, 11) is 0. The fraction of sp³-hybridized carbons (Fsp3) is 0.533. The van der Waals surface area contributed by atoms with Gasteiger partial charge < -0.3 is 10.6 Å². The average molecular weight is 246 g/mol. The molecule has 18 heavy (non-hydrogen) atoms. The summed E-state index contributed by atoms with van der Waals surface area (Å²) in [6.45, 7) is 8.17. The van der Waals surface area contributed by atoms with Crippen molar-refractivity contribution in [1.82, 2.24) is 10.6 Å². The first-order valence-electron chi connectivity index (χ1n) is 6.67. The summed E-state index contributed by atoms with van der Waals surface area (Å²) in [6.07, 6.45) is 1.12. The van der Waals surface area contributed by atoms with Crippen molar-refractivity contribution >= 4 is 5.91 Å². The van der Waals surface area contributed by atoms with Gasteiger partial charge in [-0.1, -0.05) is 19.1 Å². The lowest BCUT2D eigenvalue weighted by molar-refractivity contribution is 0.0914. The summed E-state index contributed by atoms with van der Waals surface area (Å²) in [6, 6.07) is 6.13. The highest BCUT2D eigenvalue weighted by Crippen LogP contribution is 2.15. The highest BCUT2D eigenvalue weighted by molar-refractivity contribution is 5.96. The summed E-state index contributed by atoms with van der Waals surface area (Å²) in [5, 5.41) is 6.48. The number of amides is 1. The predicted molar refractivity (Wildman–Crippen MR) is 73.8 cm³/mol. The van der Waals surface area contributed by atoms with Crippen molar-refractivity contribution in [3.63, 3.8) is 0 Å². The van der Waals surface area contributed by atoms with E-state index in [1.165, 1.54) is 0 Å². The largest absolute Gasteiger partial charge is 0.348 e. The fourth-order valence-electron chi connectivity index (χ4n) is 2.43. The Bertz CT molecular complexity index is 442. The Balaban J connectivity index is 2.09. The van der Waals surface area contributed by atoms with Crippen LogP contribution in [0, 0.1) is 19.8 Å². The lowest BCUT2D eigenvalue weighted by atomic mass is 9.94.